The zero-order chi connectivity index (χ0) is 26.6. The van der Waals surface area contributed by atoms with Gasteiger partial charge in [-0.15, -0.1) is 0 Å². The van der Waals surface area contributed by atoms with Crippen molar-refractivity contribution in [3.8, 4) is 11.1 Å². The number of primary amides is 1. The summed E-state index contributed by atoms with van der Waals surface area (Å²) in [6, 6.07) is 22.8. The number of benzene rings is 3. The maximum atomic E-state index is 13.9. The van der Waals surface area contributed by atoms with Crippen molar-refractivity contribution in [2.45, 2.75) is 48.5 Å². The van der Waals surface area contributed by atoms with Crippen LogP contribution in [0.2, 0.25) is 5.02 Å². The van der Waals surface area contributed by atoms with E-state index in [-0.39, 0.29) is 24.3 Å². The van der Waals surface area contributed by atoms with Crippen molar-refractivity contribution in [3.05, 3.63) is 89.4 Å². The Kier molecular flexibility index (Phi) is 8.02. The third kappa shape index (κ3) is 5.71. The van der Waals surface area contributed by atoms with Gasteiger partial charge < -0.3 is 10.8 Å². The fourth-order valence-electron chi connectivity index (χ4n) is 4.80. The number of hydrogen-bond acceptors (Lipinski definition) is 4. The first-order chi connectivity index (χ1) is 17.7. The Hall–Kier alpha value is -3.20. The number of carboxylic acids is 1. The van der Waals surface area contributed by atoms with Crippen molar-refractivity contribution in [2.24, 2.45) is 5.73 Å². The summed E-state index contributed by atoms with van der Waals surface area (Å²) in [5, 5.41) is 10.9. The molecule has 1 aliphatic rings. The number of nitrogens with zero attached hydrogens (tertiary/aromatic N) is 1. The van der Waals surface area contributed by atoms with E-state index >= 15 is 0 Å². The summed E-state index contributed by atoms with van der Waals surface area (Å²) in [6.07, 6.45) is 1.87. The molecule has 1 aliphatic carbocycles. The molecule has 1 amide bonds. The maximum Gasteiger partial charge on any atom is 0.325 e. The van der Waals surface area contributed by atoms with E-state index < -0.39 is 33.4 Å². The van der Waals surface area contributed by atoms with Crippen LogP contribution in [-0.4, -0.2) is 41.8 Å². The second kappa shape index (κ2) is 11.0. The number of nitrogens with two attached hydrogens (primary N) is 1. The number of rotatable bonds is 12. The fourth-order valence-corrected chi connectivity index (χ4v) is 6.74. The van der Waals surface area contributed by atoms with Gasteiger partial charge in [0.1, 0.15) is 5.54 Å². The number of unbranched alkanes of at least 4 members (excludes halogenated alkanes) is 2. The van der Waals surface area contributed by atoms with E-state index in [1.165, 1.54) is 12.1 Å². The van der Waals surface area contributed by atoms with Gasteiger partial charge in [0, 0.05) is 23.9 Å². The smallest absolute Gasteiger partial charge is 0.325 e. The fraction of sp³-hybridized carbons (Fsp3) is 0.286. The quantitative estimate of drug-likeness (QED) is 0.311. The zero-order valence-corrected chi connectivity index (χ0v) is 21.8. The lowest BCUT2D eigenvalue weighted by Gasteiger charge is -2.29. The maximum absolute atomic E-state index is 13.9. The second-order valence-electron chi connectivity index (χ2n) is 9.28. The predicted octanol–water partition coefficient (Wildman–Crippen LogP) is 5.05. The normalized spacial score (nSPS) is 19.0. The van der Waals surface area contributed by atoms with Crippen LogP contribution >= 0.6 is 11.6 Å². The summed E-state index contributed by atoms with van der Waals surface area (Å²) in [5.74, 6) is -2.04. The van der Waals surface area contributed by atoms with Gasteiger partial charge >= 0.3 is 5.97 Å². The second-order valence-corrected chi connectivity index (χ2v) is 11.6. The van der Waals surface area contributed by atoms with E-state index in [1.807, 2.05) is 42.5 Å². The molecule has 3 aromatic carbocycles. The molecular weight excluding hydrogens is 512 g/mol. The number of carboxylic acid groups (broad SMARTS) is 1. The van der Waals surface area contributed by atoms with Crippen molar-refractivity contribution in [3.63, 3.8) is 0 Å². The third-order valence-corrected chi connectivity index (χ3v) is 9.06. The van der Waals surface area contributed by atoms with E-state index in [2.05, 4.69) is 0 Å². The highest BCUT2D eigenvalue weighted by atomic mass is 35.5. The monoisotopic (exact) mass is 540 g/mol. The van der Waals surface area contributed by atoms with Crippen LogP contribution in [0.5, 0.6) is 0 Å². The molecule has 2 atom stereocenters. The van der Waals surface area contributed by atoms with Gasteiger partial charge in [0.25, 0.3) is 0 Å². The lowest BCUT2D eigenvalue weighted by Crippen LogP contribution is -2.48. The van der Waals surface area contributed by atoms with Gasteiger partial charge in [0.2, 0.25) is 15.9 Å². The lowest BCUT2D eigenvalue weighted by molar-refractivity contribution is -0.143. The molecule has 0 spiro atoms. The van der Waals surface area contributed by atoms with Crippen LogP contribution in [0.1, 0.15) is 43.6 Å². The Morgan fingerprint density at radius 2 is 1.51 bits per heavy atom. The van der Waals surface area contributed by atoms with Crippen molar-refractivity contribution < 1.29 is 23.1 Å². The van der Waals surface area contributed by atoms with E-state index in [9.17, 15) is 23.1 Å². The van der Waals surface area contributed by atoms with Crippen LogP contribution in [0.25, 0.3) is 11.1 Å². The van der Waals surface area contributed by atoms with E-state index in [0.717, 1.165) is 21.0 Å². The molecule has 0 aromatic heterocycles. The Morgan fingerprint density at radius 1 is 0.919 bits per heavy atom. The Bertz CT molecular complexity index is 1360. The minimum absolute atomic E-state index is 0.0235. The SMILES string of the molecule is NC(=O)CCCCCN([C@]1(C(=O)O)C[C@H]1c1ccccc1)S(=O)(=O)c1ccc(-c2ccc(Cl)cc2)cc1. The molecule has 9 heteroatoms. The van der Waals surface area contributed by atoms with E-state index in [1.54, 1.807) is 24.3 Å². The molecule has 0 radical (unpaired) electrons. The summed E-state index contributed by atoms with van der Waals surface area (Å²) in [6.45, 7) is 0.0235. The molecule has 0 saturated heterocycles. The summed E-state index contributed by atoms with van der Waals surface area (Å²) in [4.78, 5) is 23.8. The van der Waals surface area contributed by atoms with Crippen molar-refractivity contribution in [1.82, 2.24) is 4.31 Å². The number of hydrogen-bond donors (Lipinski definition) is 2. The van der Waals surface area contributed by atoms with Gasteiger partial charge in [-0.25, -0.2) is 8.42 Å². The average Bonchev–Trinajstić information content (AvgIpc) is 3.64. The number of sulfonamides is 1. The lowest BCUT2D eigenvalue weighted by atomic mass is 10.1. The topological polar surface area (TPSA) is 118 Å². The molecule has 1 saturated carbocycles. The van der Waals surface area contributed by atoms with Crippen LogP contribution in [0.4, 0.5) is 0 Å². The first kappa shape index (κ1) is 26.9. The van der Waals surface area contributed by atoms with Crippen molar-refractivity contribution in [1.29, 1.82) is 0 Å². The molecule has 0 bridgehead atoms. The van der Waals surface area contributed by atoms with Gasteiger partial charge in [-0.1, -0.05) is 72.6 Å². The summed E-state index contributed by atoms with van der Waals surface area (Å²) < 4.78 is 29.0. The van der Waals surface area contributed by atoms with Crippen LogP contribution < -0.4 is 5.73 Å². The molecule has 3 N–H and O–H groups in total. The minimum Gasteiger partial charge on any atom is -0.480 e. The van der Waals surface area contributed by atoms with Crippen LogP contribution in [0, 0.1) is 0 Å². The van der Waals surface area contributed by atoms with Gasteiger partial charge in [0.15, 0.2) is 0 Å². The van der Waals surface area contributed by atoms with E-state index in [4.69, 9.17) is 17.3 Å². The molecule has 37 heavy (non-hydrogen) atoms. The van der Waals surface area contributed by atoms with Gasteiger partial charge in [-0.3, -0.25) is 9.59 Å². The zero-order valence-electron chi connectivity index (χ0n) is 20.2. The summed E-state index contributed by atoms with van der Waals surface area (Å²) in [5.41, 5.74) is 6.13. The molecule has 3 aromatic rings. The average molecular weight is 541 g/mol. The molecule has 194 valence electrons. The molecule has 7 nitrogen and oxygen atoms in total. The largest absolute Gasteiger partial charge is 0.480 e. The molecule has 4 rings (SSSR count). The minimum atomic E-state index is -4.15. The highest BCUT2D eigenvalue weighted by Gasteiger charge is 2.67. The summed E-state index contributed by atoms with van der Waals surface area (Å²) >= 11 is 5.97. The summed E-state index contributed by atoms with van der Waals surface area (Å²) in [7, 11) is -4.15. The molecule has 1 fully saturated rings. The van der Waals surface area contributed by atoms with Gasteiger partial charge in [0.05, 0.1) is 4.90 Å². The predicted molar refractivity (Wildman–Crippen MR) is 143 cm³/mol. The van der Waals surface area contributed by atoms with Gasteiger partial charge in [-0.2, -0.15) is 4.31 Å². The van der Waals surface area contributed by atoms with E-state index in [0.29, 0.717) is 24.3 Å². The molecule has 0 unspecified atom stereocenters. The first-order valence-electron chi connectivity index (χ1n) is 12.1. The first-order valence-corrected chi connectivity index (χ1v) is 13.9. The molecule has 0 heterocycles. The van der Waals surface area contributed by atoms with Crippen LogP contribution in [0.15, 0.2) is 83.8 Å². The Morgan fingerprint density at radius 3 is 2.08 bits per heavy atom. The number of aliphatic carboxylic acids is 1. The highest BCUT2D eigenvalue weighted by Crippen LogP contribution is 2.57. The number of carbonyl (C=O) groups excluding carboxylic acids is 1. The Balaban J connectivity index is 1.65. The van der Waals surface area contributed by atoms with Crippen LogP contribution in [-0.2, 0) is 19.6 Å². The van der Waals surface area contributed by atoms with Gasteiger partial charge in [-0.05, 0) is 60.2 Å². The third-order valence-electron chi connectivity index (χ3n) is 6.85. The Labute approximate surface area is 221 Å². The number of amides is 1. The highest BCUT2D eigenvalue weighted by molar-refractivity contribution is 7.89. The number of halogens is 1. The molecular formula is C28H29ClN2O5S. The standard InChI is InChI=1S/C28H29ClN2O5S/c29-23-14-10-20(11-15-23)21-12-16-24(17-13-21)37(35,36)31(18-6-2-5-9-26(30)32)28(27(33)34)19-25(28)22-7-3-1-4-8-22/h1,3-4,7-8,10-17,25H,2,5-6,9,18-19H2,(H2,30,32)(H,33,34)/t25-,28+/m0/s1. The van der Waals surface area contributed by atoms with Crippen molar-refractivity contribution >= 4 is 33.5 Å². The molecule has 0 aliphatic heterocycles. The van der Waals surface area contributed by atoms with Crippen LogP contribution in [0.3, 0.4) is 0 Å². The number of carbonyl (C=O) groups is 2. The van der Waals surface area contributed by atoms with Crippen molar-refractivity contribution in [2.75, 3.05) is 6.54 Å².